The maximum absolute atomic E-state index is 12.2. The van der Waals surface area contributed by atoms with Gasteiger partial charge in [0.15, 0.2) is 0 Å². The third-order valence-corrected chi connectivity index (χ3v) is 4.80. The Morgan fingerprint density at radius 1 is 1.35 bits per heavy atom. The molecule has 0 spiro atoms. The maximum Gasteiger partial charge on any atom is 0.240 e. The lowest BCUT2D eigenvalue weighted by Crippen LogP contribution is -2.26. The molecular weight excluding hydrogens is 276 g/mol. The molecule has 1 aliphatic heterocycles. The lowest BCUT2D eigenvalue weighted by molar-refractivity contribution is 0.581. The van der Waals surface area contributed by atoms with Gasteiger partial charge in [-0.3, -0.25) is 0 Å². The molecule has 1 aromatic heterocycles. The Morgan fingerprint density at radius 3 is 3.05 bits per heavy atom. The van der Waals surface area contributed by atoms with E-state index in [9.17, 15) is 8.42 Å². The summed E-state index contributed by atoms with van der Waals surface area (Å²) in [7, 11) is -3.46. The molecule has 0 radical (unpaired) electrons. The van der Waals surface area contributed by atoms with Gasteiger partial charge in [-0.25, -0.2) is 18.1 Å². The first-order valence-electron chi connectivity index (χ1n) is 6.49. The number of imidazole rings is 1. The summed E-state index contributed by atoms with van der Waals surface area (Å²) in [6.07, 6.45) is 4.80. The van der Waals surface area contributed by atoms with E-state index in [1.807, 2.05) is 6.07 Å². The Labute approximate surface area is 117 Å². The topological polar surface area (TPSA) is 86.9 Å². The molecule has 1 aromatic carbocycles. The van der Waals surface area contributed by atoms with Crippen molar-refractivity contribution < 1.29 is 8.42 Å². The Hall–Kier alpha value is -1.86. The highest BCUT2D eigenvalue weighted by atomic mass is 32.2. The molecule has 3 N–H and O–H groups in total. The summed E-state index contributed by atoms with van der Waals surface area (Å²) < 4.78 is 27.0. The predicted molar refractivity (Wildman–Crippen MR) is 76.1 cm³/mol. The quantitative estimate of drug-likeness (QED) is 0.764. The van der Waals surface area contributed by atoms with Crippen LogP contribution in [0.2, 0.25) is 0 Å². The fraction of sp³-hybridized carbons (Fsp3) is 0.308. The highest BCUT2D eigenvalue weighted by Crippen LogP contribution is 2.25. The van der Waals surface area contributed by atoms with Crippen LogP contribution in [-0.2, 0) is 22.9 Å². The van der Waals surface area contributed by atoms with E-state index in [0.29, 0.717) is 17.9 Å². The fourth-order valence-corrected chi connectivity index (χ4v) is 3.32. The number of H-pyrrole nitrogens is 1. The van der Waals surface area contributed by atoms with Crippen LogP contribution in [-0.4, -0.2) is 31.5 Å². The summed E-state index contributed by atoms with van der Waals surface area (Å²) in [5, 5.41) is 3.19. The summed E-state index contributed by atoms with van der Waals surface area (Å²) in [5.74, 6) is 0. The van der Waals surface area contributed by atoms with Crippen molar-refractivity contribution in [2.45, 2.75) is 17.7 Å². The highest BCUT2D eigenvalue weighted by molar-refractivity contribution is 7.89. The Balaban J connectivity index is 1.68. The van der Waals surface area contributed by atoms with Gasteiger partial charge in [0.05, 0.1) is 11.2 Å². The maximum atomic E-state index is 12.2. The van der Waals surface area contributed by atoms with Crippen molar-refractivity contribution in [3.63, 3.8) is 0 Å². The average Bonchev–Trinajstić information content (AvgIpc) is 3.08. The van der Waals surface area contributed by atoms with E-state index >= 15 is 0 Å². The Morgan fingerprint density at radius 2 is 2.25 bits per heavy atom. The first-order chi connectivity index (χ1) is 9.65. The third-order valence-electron chi connectivity index (χ3n) is 3.34. The van der Waals surface area contributed by atoms with Crippen LogP contribution in [0.5, 0.6) is 0 Å². The fourth-order valence-electron chi connectivity index (χ4n) is 2.26. The SMILES string of the molecule is O=S(=O)(NCCc1cnc[nH]1)c1ccc2c(c1)NCC2. The number of fused-ring (bicyclic) bond motifs is 1. The van der Waals surface area contributed by atoms with E-state index in [4.69, 9.17) is 0 Å². The van der Waals surface area contributed by atoms with Crippen LogP contribution in [0.15, 0.2) is 35.6 Å². The number of nitrogens with one attached hydrogen (secondary N) is 3. The van der Waals surface area contributed by atoms with E-state index in [1.54, 1.807) is 24.7 Å². The number of rotatable bonds is 5. The second-order valence-corrected chi connectivity index (χ2v) is 6.49. The second kappa shape index (κ2) is 5.26. The van der Waals surface area contributed by atoms with Crippen LogP contribution >= 0.6 is 0 Å². The lowest BCUT2D eigenvalue weighted by Gasteiger charge is -2.08. The van der Waals surface area contributed by atoms with Gasteiger partial charge < -0.3 is 10.3 Å². The molecule has 0 unspecified atom stereocenters. The number of benzene rings is 1. The summed E-state index contributed by atoms with van der Waals surface area (Å²) in [4.78, 5) is 7.14. The zero-order valence-electron chi connectivity index (χ0n) is 10.9. The van der Waals surface area contributed by atoms with Crippen molar-refractivity contribution in [2.24, 2.45) is 0 Å². The standard InChI is InChI=1S/C13H16N4O2S/c18-20(19,17-6-4-11-8-14-9-16-11)12-2-1-10-3-5-15-13(10)7-12/h1-2,7-9,15,17H,3-6H2,(H,14,16). The number of sulfonamides is 1. The van der Waals surface area contributed by atoms with Crippen LogP contribution in [0.1, 0.15) is 11.3 Å². The van der Waals surface area contributed by atoms with Crippen LogP contribution in [0.3, 0.4) is 0 Å². The molecular formula is C13H16N4O2S. The molecule has 0 saturated heterocycles. The summed E-state index contributed by atoms with van der Waals surface area (Å²) in [6.45, 7) is 1.21. The molecule has 6 nitrogen and oxygen atoms in total. The molecule has 20 heavy (non-hydrogen) atoms. The van der Waals surface area contributed by atoms with Crippen LogP contribution in [0.25, 0.3) is 0 Å². The number of hydrogen-bond donors (Lipinski definition) is 3. The molecule has 0 fully saturated rings. The van der Waals surface area contributed by atoms with E-state index < -0.39 is 10.0 Å². The van der Waals surface area contributed by atoms with Crippen molar-refractivity contribution in [1.29, 1.82) is 0 Å². The van der Waals surface area contributed by atoms with Crippen molar-refractivity contribution in [3.8, 4) is 0 Å². The Bertz CT molecular complexity index is 695. The second-order valence-electron chi connectivity index (χ2n) is 4.72. The summed E-state index contributed by atoms with van der Waals surface area (Å²) in [6, 6.07) is 5.23. The van der Waals surface area contributed by atoms with Gasteiger partial charge in [-0.15, -0.1) is 0 Å². The highest BCUT2D eigenvalue weighted by Gasteiger charge is 2.17. The normalized spacial score (nSPS) is 14.0. The molecule has 0 saturated carbocycles. The van der Waals surface area contributed by atoms with Gasteiger partial charge in [-0.05, 0) is 24.1 Å². The zero-order chi connectivity index (χ0) is 14.0. The van der Waals surface area contributed by atoms with Crippen LogP contribution in [0, 0.1) is 0 Å². The molecule has 1 aliphatic rings. The van der Waals surface area contributed by atoms with Gasteiger partial charge in [-0.2, -0.15) is 0 Å². The molecule has 0 atom stereocenters. The Kier molecular flexibility index (Phi) is 3.45. The minimum absolute atomic E-state index is 0.301. The summed E-state index contributed by atoms with van der Waals surface area (Å²) in [5.41, 5.74) is 2.99. The van der Waals surface area contributed by atoms with E-state index in [-0.39, 0.29) is 0 Å². The average molecular weight is 292 g/mol. The van der Waals surface area contributed by atoms with Gasteiger partial charge in [0.25, 0.3) is 0 Å². The van der Waals surface area contributed by atoms with Crippen molar-refractivity contribution in [1.82, 2.24) is 14.7 Å². The number of nitrogens with zero attached hydrogens (tertiary/aromatic N) is 1. The first kappa shape index (κ1) is 13.1. The first-order valence-corrected chi connectivity index (χ1v) is 7.97. The van der Waals surface area contributed by atoms with Gasteiger partial charge in [0.1, 0.15) is 0 Å². The van der Waals surface area contributed by atoms with Crippen molar-refractivity contribution in [2.75, 3.05) is 18.4 Å². The molecule has 2 aromatic rings. The van der Waals surface area contributed by atoms with Crippen molar-refractivity contribution in [3.05, 3.63) is 42.0 Å². The van der Waals surface area contributed by atoms with E-state index in [1.165, 1.54) is 5.56 Å². The molecule has 7 heteroatoms. The molecule has 0 bridgehead atoms. The molecule has 0 aliphatic carbocycles. The largest absolute Gasteiger partial charge is 0.384 e. The predicted octanol–water partition coefficient (Wildman–Crippen LogP) is 0.899. The zero-order valence-corrected chi connectivity index (χ0v) is 11.7. The van der Waals surface area contributed by atoms with Crippen LogP contribution in [0.4, 0.5) is 5.69 Å². The molecule has 3 rings (SSSR count). The van der Waals surface area contributed by atoms with Gasteiger partial charge >= 0.3 is 0 Å². The van der Waals surface area contributed by atoms with Gasteiger partial charge in [-0.1, -0.05) is 6.07 Å². The van der Waals surface area contributed by atoms with Gasteiger partial charge in [0.2, 0.25) is 10.0 Å². The summed E-state index contributed by atoms with van der Waals surface area (Å²) >= 11 is 0. The van der Waals surface area contributed by atoms with Crippen molar-refractivity contribution >= 4 is 15.7 Å². The lowest BCUT2D eigenvalue weighted by atomic mass is 10.2. The minimum atomic E-state index is -3.46. The number of aromatic amines is 1. The van der Waals surface area contributed by atoms with E-state index in [0.717, 1.165) is 24.3 Å². The molecule has 106 valence electrons. The monoisotopic (exact) mass is 292 g/mol. The van der Waals surface area contributed by atoms with Gasteiger partial charge in [0, 0.05) is 37.1 Å². The number of hydrogen-bond acceptors (Lipinski definition) is 4. The van der Waals surface area contributed by atoms with Crippen LogP contribution < -0.4 is 10.0 Å². The smallest absolute Gasteiger partial charge is 0.240 e. The third kappa shape index (κ3) is 2.68. The number of anilines is 1. The molecule has 2 heterocycles. The number of aromatic nitrogens is 2. The minimum Gasteiger partial charge on any atom is -0.384 e. The molecule has 0 amide bonds. The van der Waals surface area contributed by atoms with E-state index in [2.05, 4.69) is 20.0 Å².